The molecule has 0 unspecified atom stereocenters. The maximum atomic E-state index is 12.1. The van der Waals surface area contributed by atoms with Gasteiger partial charge < -0.3 is 15.3 Å². The van der Waals surface area contributed by atoms with E-state index in [1.54, 1.807) is 17.2 Å². The van der Waals surface area contributed by atoms with Gasteiger partial charge in [-0.05, 0) is 38.8 Å². The average molecular weight is 265 g/mol. The number of aromatic nitrogens is 1. The zero-order valence-corrected chi connectivity index (χ0v) is 11.7. The van der Waals surface area contributed by atoms with Crippen molar-refractivity contribution >= 4 is 11.6 Å². The second kappa shape index (κ2) is 8.48. The predicted molar refractivity (Wildman–Crippen MR) is 76.3 cm³/mol. The van der Waals surface area contributed by atoms with Crippen molar-refractivity contribution in [2.24, 2.45) is 0 Å². The lowest BCUT2D eigenvalue weighted by Crippen LogP contribution is -2.31. The zero-order chi connectivity index (χ0) is 14.1. The number of aliphatic hydroxyl groups is 1. The summed E-state index contributed by atoms with van der Waals surface area (Å²) in [6, 6.07) is 3.62. The number of nitrogens with one attached hydrogen (secondary N) is 1. The predicted octanol–water partition coefficient (Wildman–Crippen LogP) is 1.75. The van der Waals surface area contributed by atoms with Crippen LogP contribution < -0.4 is 5.32 Å². The molecule has 0 bridgehead atoms. The smallest absolute Gasteiger partial charge is 0.272 e. The van der Waals surface area contributed by atoms with Gasteiger partial charge in [0.05, 0.1) is 0 Å². The number of amides is 1. The molecule has 1 amide bonds. The molecule has 0 aliphatic heterocycles. The Kier molecular flexibility index (Phi) is 6.89. The second-order valence-electron chi connectivity index (χ2n) is 4.26. The maximum Gasteiger partial charge on any atom is 0.272 e. The van der Waals surface area contributed by atoms with Crippen LogP contribution in [0.5, 0.6) is 0 Å². The van der Waals surface area contributed by atoms with Gasteiger partial charge in [-0.1, -0.05) is 0 Å². The molecular formula is C14H23N3O2. The van der Waals surface area contributed by atoms with Gasteiger partial charge in [-0.2, -0.15) is 0 Å². The molecule has 0 atom stereocenters. The Morgan fingerprint density at radius 2 is 2.11 bits per heavy atom. The number of rotatable bonds is 8. The van der Waals surface area contributed by atoms with Crippen LogP contribution in [0.15, 0.2) is 18.3 Å². The Morgan fingerprint density at radius 1 is 1.37 bits per heavy atom. The first-order chi connectivity index (χ1) is 9.22. The molecule has 0 aliphatic rings. The fourth-order valence-electron chi connectivity index (χ4n) is 1.80. The first-order valence-corrected chi connectivity index (χ1v) is 6.83. The molecule has 0 saturated carbocycles. The van der Waals surface area contributed by atoms with Crippen LogP contribution in [0.1, 0.15) is 37.2 Å². The van der Waals surface area contributed by atoms with E-state index >= 15 is 0 Å². The van der Waals surface area contributed by atoms with Crippen molar-refractivity contribution in [2.45, 2.75) is 26.7 Å². The van der Waals surface area contributed by atoms with Crippen molar-refractivity contribution in [3.63, 3.8) is 0 Å². The summed E-state index contributed by atoms with van der Waals surface area (Å²) in [7, 11) is 0. The van der Waals surface area contributed by atoms with E-state index in [1.165, 1.54) is 0 Å². The van der Waals surface area contributed by atoms with Crippen molar-refractivity contribution in [3.8, 4) is 0 Å². The van der Waals surface area contributed by atoms with E-state index in [-0.39, 0.29) is 12.5 Å². The molecule has 2 N–H and O–H groups in total. The molecule has 0 spiro atoms. The largest absolute Gasteiger partial charge is 0.396 e. The molecule has 1 heterocycles. The molecule has 19 heavy (non-hydrogen) atoms. The maximum absolute atomic E-state index is 12.1. The summed E-state index contributed by atoms with van der Waals surface area (Å²) in [6.07, 6.45) is 3.33. The van der Waals surface area contributed by atoms with Crippen molar-refractivity contribution < 1.29 is 9.90 Å². The normalized spacial score (nSPS) is 10.3. The molecule has 0 saturated heterocycles. The van der Waals surface area contributed by atoms with E-state index in [1.807, 2.05) is 19.9 Å². The van der Waals surface area contributed by atoms with Gasteiger partial charge in [0.1, 0.15) is 5.69 Å². The molecule has 0 aliphatic carbocycles. The van der Waals surface area contributed by atoms with Gasteiger partial charge in [0, 0.05) is 38.1 Å². The highest BCUT2D eigenvalue weighted by Gasteiger charge is 2.13. The summed E-state index contributed by atoms with van der Waals surface area (Å²) >= 11 is 0. The Balaban J connectivity index is 2.63. The van der Waals surface area contributed by atoms with Crippen LogP contribution in [0.3, 0.4) is 0 Å². The number of hydrogen-bond acceptors (Lipinski definition) is 4. The summed E-state index contributed by atoms with van der Waals surface area (Å²) in [4.78, 5) is 18.0. The SMILES string of the molecule is CCN(CC)C(=O)c1cc(NCCCCO)ccn1. The van der Waals surface area contributed by atoms with E-state index in [4.69, 9.17) is 5.11 Å². The minimum absolute atomic E-state index is 0.0380. The summed E-state index contributed by atoms with van der Waals surface area (Å²) in [6.45, 7) is 6.28. The third-order valence-corrected chi connectivity index (χ3v) is 2.94. The Bertz CT molecular complexity index is 392. The van der Waals surface area contributed by atoms with Crippen LogP contribution in [0.25, 0.3) is 0 Å². The number of pyridine rings is 1. The van der Waals surface area contributed by atoms with Gasteiger partial charge in [-0.3, -0.25) is 9.78 Å². The number of nitrogens with zero attached hydrogens (tertiary/aromatic N) is 2. The van der Waals surface area contributed by atoms with Crippen LogP contribution >= 0.6 is 0 Å². The first kappa shape index (κ1) is 15.4. The molecule has 5 nitrogen and oxygen atoms in total. The Morgan fingerprint density at radius 3 is 2.74 bits per heavy atom. The molecule has 0 fully saturated rings. The lowest BCUT2D eigenvalue weighted by molar-refractivity contribution is 0.0767. The summed E-state index contributed by atoms with van der Waals surface area (Å²) in [5.41, 5.74) is 1.36. The number of anilines is 1. The molecular weight excluding hydrogens is 242 g/mol. The fraction of sp³-hybridized carbons (Fsp3) is 0.571. The number of aliphatic hydroxyl groups excluding tert-OH is 1. The molecule has 0 radical (unpaired) electrons. The molecule has 1 rings (SSSR count). The zero-order valence-electron chi connectivity index (χ0n) is 11.7. The van der Waals surface area contributed by atoms with Crippen LogP contribution in [-0.2, 0) is 0 Å². The lowest BCUT2D eigenvalue weighted by atomic mass is 10.2. The molecule has 5 heteroatoms. The van der Waals surface area contributed by atoms with Crippen molar-refractivity contribution in [1.82, 2.24) is 9.88 Å². The topological polar surface area (TPSA) is 65.5 Å². The van der Waals surface area contributed by atoms with Gasteiger partial charge in [0.2, 0.25) is 0 Å². The number of carbonyl (C=O) groups excluding carboxylic acids is 1. The minimum atomic E-state index is -0.0380. The van der Waals surface area contributed by atoms with Gasteiger partial charge in [0.25, 0.3) is 5.91 Å². The highest BCUT2D eigenvalue weighted by atomic mass is 16.2. The third kappa shape index (κ3) is 4.87. The molecule has 1 aromatic heterocycles. The highest BCUT2D eigenvalue weighted by molar-refractivity contribution is 5.93. The monoisotopic (exact) mass is 265 g/mol. The minimum Gasteiger partial charge on any atom is -0.396 e. The van der Waals surface area contributed by atoms with E-state index in [9.17, 15) is 4.79 Å². The average Bonchev–Trinajstić information content (AvgIpc) is 2.45. The van der Waals surface area contributed by atoms with Crippen molar-refractivity contribution in [1.29, 1.82) is 0 Å². The molecule has 1 aromatic rings. The lowest BCUT2D eigenvalue weighted by Gasteiger charge is -2.18. The van der Waals surface area contributed by atoms with Crippen molar-refractivity contribution in [2.75, 3.05) is 31.6 Å². The van der Waals surface area contributed by atoms with E-state index < -0.39 is 0 Å². The van der Waals surface area contributed by atoms with E-state index in [0.29, 0.717) is 18.8 Å². The summed E-state index contributed by atoms with van der Waals surface area (Å²) in [5.74, 6) is -0.0380. The summed E-state index contributed by atoms with van der Waals surface area (Å²) in [5, 5.41) is 11.9. The van der Waals surface area contributed by atoms with Crippen LogP contribution in [0, 0.1) is 0 Å². The second-order valence-corrected chi connectivity index (χ2v) is 4.26. The van der Waals surface area contributed by atoms with Crippen LogP contribution in [0.4, 0.5) is 5.69 Å². The van der Waals surface area contributed by atoms with Crippen LogP contribution in [-0.4, -0.2) is 47.1 Å². The Hall–Kier alpha value is -1.62. The standard InChI is InChI=1S/C14H23N3O2/c1-3-17(4-2)14(19)13-11-12(7-9-16-13)15-8-5-6-10-18/h7,9,11,18H,3-6,8,10H2,1-2H3,(H,15,16). The van der Waals surface area contributed by atoms with Gasteiger partial charge in [-0.15, -0.1) is 0 Å². The highest BCUT2D eigenvalue weighted by Crippen LogP contribution is 2.10. The van der Waals surface area contributed by atoms with Gasteiger partial charge in [0.15, 0.2) is 0 Å². The summed E-state index contributed by atoms with van der Waals surface area (Å²) < 4.78 is 0. The number of carbonyl (C=O) groups is 1. The third-order valence-electron chi connectivity index (χ3n) is 2.94. The van der Waals surface area contributed by atoms with E-state index in [0.717, 1.165) is 25.1 Å². The van der Waals surface area contributed by atoms with Gasteiger partial charge >= 0.3 is 0 Å². The number of unbranched alkanes of at least 4 members (excludes halogenated alkanes) is 1. The Labute approximate surface area is 114 Å². The van der Waals surface area contributed by atoms with E-state index in [2.05, 4.69) is 10.3 Å². The molecule has 106 valence electrons. The van der Waals surface area contributed by atoms with Crippen LogP contribution in [0.2, 0.25) is 0 Å². The van der Waals surface area contributed by atoms with Crippen molar-refractivity contribution in [3.05, 3.63) is 24.0 Å². The fourth-order valence-corrected chi connectivity index (χ4v) is 1.80. The number of hydrogen-bond donors (Lipinski definition) is 2. The first-order valence-electron chi connectivity index (χ1n) is 6.83. The molecule has 0 aromatic carbocycles. The van der Waals surface area contributed by atoms with Gasteiger partial charge in [-0.25, -0.2) is 0 Å². The quantitative estimate of drug-likeness (QED) is 0.703.